The zero-order chi connectivity index (χ0) is 10.8. The number of alkyl halides is 1. The molecule has 1 unspecified atom stereocenters. The molecular weight excluding hydrogens is 191 g/mol. The molecule has 0 bridgehead atoms. The van der Waals surface area contributed by atoms with Crippen LogP contribution < -0.4 is 5.73 Å². The Bertz CT molecular complexity index is 303. The normalized spacial score (nSPS) is 15.2. The largest absolute Gasteiger partial charge is 0.328 e. The summed E-state index contributed by atoms with van der Waals surface area (Å²) in [4.78, 5) is 0. The van der Waals surface area contributed by atoms with Gasteiger partial charge in [0.15, 0.2) is 0 Å². The molecule has 1 aromatic rings. The lowest BCUT2D eigenvalue weighted by Crippen LogP contribution is -2.32. The molecular formula is C10H12F3N. The molecule has 0 heterocycles. The van der Waals surface area contributed by atoms with Crippen molar-refractivity contribution >= 4 is 0 Å². The molecule has 0 radical (unpaired) electrons. The van der Waals surface area contributed by atoms with Crippen LogP contribution in [0.4, 0.5) is 13.2 Å². The highest BCUT2D eigenvalue weighted by molar-refractivity contribution is 5.21. The van der Waals surface area contributed by atoms with Crippen LogP contribution in [-0.2, 0) is 6.42 Å². The number of rotatable bonds is 3. The molecule has 0 spiro atoms. The first-order chi connectivity index (χ1) is 6.46. The number of benzene rings is 1. The van der Waals surface area contributed by atoms with E-state index in [-0.39, 0.29) is 18.5 Å². The van der Waals surface area contributed by atoms with Crippen molar-refractivity contribution in [1.29, 1.82) is 0 Å². The van der Waals surface area contributed by atoms with Gasteiger partial charge in [-0.05, 0) is 19.1 Å². The van der Waals surface area contributed by atoms with Crippen LogP contribution in [0.5, 0.6) is 0 Å². The molecule has 0 aliphatic carbocycles. The minimum Gasteiger partial charge on any atom is -0.328 e. The maximum absolute atomic E-state index is 13.4. The van der Waals surface area contributed by atoms with Gasteiger partial charge in [0.05, 0.1) is 0 Å². The Balaban J connectivity index is 2.97. The highest BCUT2D eigenvalue weighted by atomic mass is 19.1. The van der Waals surface area contributed by atoms with Crippen LogP contribution in [0.2, 0.25) is 0 Å². The standard InChI is InChI=1S/C10H12F3N/c1-10(13,6-14)5-7-8(11)3-2-4-9(7)12/h2-4H,5-6,14H2,1H3. The third kappa shape index (κ3) is 2.48. The average Bonchev–Trinajstić information content (AvgIpc) is 2.12. The molecule has 1 rings (SSSR count). The second kappa shape index (κ2) is 4.00. The molecule has 0 aliphatic rings. The van der Waals surface area contributed by atoms with Crippen LogP contribution in [0.25, 0.3) is 0 Å². The second-order valence-electron chi connectivity index (χ2n) is 3.49. The van der Waals surface area contributed by atoms with Crippen LogP contribution >= 0.6 is 0 Å². The monoisotopic (exact) mass is 203 g/mol. The number of halogens is 3. The van der Waals surface area contributed by atoms with E-state index in [9.17, 15) is 13.2 Å². The second-order valence-corrected chi connectivity index (χ2v) is 3.49. The van der Waals surface area contributed by atoms with Crippen LogP contribution in [-0.4, -0.2) is 12.2 Å². The lowest BCUT2D eigenvalue weighted by atomic mass is 9.97. The average molecular weight is 203 g/mol. The Morgan fingerprint density at radius 1 is 1.29 bits per heavy atom. The van der Waals surface area contributed by atoms with Crippen molar-refractivity contribution in [2.45, 2.75) is 19.0 Å². The van der Waals surface area contributed by atoms with E-state index in [0.717, 1.165) is 12.1 Å². The SMILES string of the molecule is CC(F)(CN)Cc1c(F)cccc1F. The summed E-state index contributed by atoms with van der Waals surface area (Å²) in [6.45, 7) is 0.958. The minimum atomic E-state index is -1.77. The van der Waals surface area contributed by atoms with Crippen LogP contribution in [0.15, 0.2) is 18.2 Å². The van der Waals surface area contributed by atoms with Gasteiger partial charge in [0.25, 0.3) is 0 Å². The van der Waals surface area contributed by atoms with Crippen LogP contribution in [0, 0.1) is 11.6 Å². The van der Waals surface area contributed by atoms with Gasteiger partial charge in [0.2, 0.25) is 0 Å². The Kier molecular flexibility index (Phi) is 3.16. The van der Waals surface area contributed by atoms with Crippen molar-refractivity contribution in [2.75, 3.05) is 6.54 Å². The summed E-state index contributed by atoms with van der Waals surface area (Å²) in [7, 11) is 0. The van der Waals surface area contributed by atoms with Gasteiger partial charge in [-0.2, -0.15) is 0 Å². The van der Waals surface area contributed by atoms with Crippen molar-refractivity contribution in [3.8, 4) is 0 Å². The Labute approximate surface area is 80.7 Å². The molecule has 4 heteroatoms. The van der Waals surface area contributed by atoms with Crippen molar-refractivity contribution < 1.29 is 13.2 Å². The molecule has 0 saturated heterocycles. The van der Waals surface area contributed by atoms with Gasteiger partial charge in [-0.25, -0.2) is 13.2 Å². The Hall–Kier alpha value is -1.03. The van der Waals surface area contributed by atoms with Gasteiger partial charge in [-0.15, -0.1) is 0 Å². The van der Waals surface area contributed by atoms with Gasteiger partial charge in [0.1, 0.15) is 17.3 Å². The van der Waals surface area contributed by atoms with E-state index in [1.165, 1.54) is 13.0 Å². The van der Waals surface area contributed by atoms with Crippen molar-refractivity contribution in [1.82, 2.24) is 0 Å². The van der Waals surface area contributed by atoms with Crippen molar-refractivity contribution in [2.24, 2.45) is 5.73 Å². The smallest absolute Gasteiger partial charge is 0.129 e. The fraction of sp³-hybridized carbons (Fsp3) is 0.400. The minimum absolute atomic E-state index is 0.247. The predicted octanol–water partition coefficient (Wildman–Crippen LogP) is 2.19. The number of hydrogen-bond donors (Lipinski definition) is 1. The molecule has 0 amide bonds. The fourth-order valence-electron chi connectivity index (χ4n) is 1.14. The van der Waals surface area contributed by atoms with E-state index in [4.69, 9.17) is 5.73 Å². The van der Waals surface area contributed by atoms with Gasteiger partial charge in [-0.1, -0.05) is 6.07 Å². The molecule has 78 valence electrons. The third-order valence-corrected chi connectivity index (χ3v) is 2.03. The van der Waals surface area contributed by atoms with Crippen LogP contribution in [0.1, 0.15) is 12.5 Å². The summed E-state index contributed by atoms with van der Waals surface area (Å²) >= 11 is 0. The number of hydrogen-bond acceptors (Lipinski definition) is 1. The van der Waals surface area contributed by atoms with Crippen molar-refractivity contribution in [3.05, 3.63) is 35.4 Å². The topological polar surface area (TPSA) is 26.0 Å². The zero-order valence-electron chi connectivity index (χ0n) is 7.86. The quantitative estimate of drug-likeness (QED) is 0.800. The van der Waals surface area contributed by atoms with Gasteiger partial charge < -0.3 is 5.73 Å². The maximum atomic E-state index is 13.4. The van der Waals surface area contributed by atoms with Gasteiger partial charge in [-0.3, -0.25) is 0 Å². The highest BCUT2D eigenvalue weighted by Crippen LogP contribution is 2.21. The fourth-order valence-corrected chi connectivity index (χ4v) is 1.14. The van der Waals surface area contributed by atoms with E-state index in [1.807, 2.05) is 0 Å². The molecule has 0 aromatic heterocycles. The number of nitrogens with two attached hydrogens (primary N) is 1. The highest BCUT2D eigenvalue weighted by Gasteiger charge is 2.25. The molecule has 1 atom stereocenters. The maximum Gasteiger partial charge on any atom is 0.129 e. The lowest BCUT2D eigenvalue weighted by molar-refractivity contribution is 0.196. The molecule has 1 aromatic carbocycles. The first-order valence-electron chi connectivity index (χ1n) is 4.28. The summed E-state index contributed by atoms with van der Waals surface area (Å²) in [5.74, 6) is -1.47. The van der Waals surface area contributed by atoms with E-state index in [0.29, 0.717) is 0 Å². The molecule has 14 heavy (non-hydrogen) atoms. The summed E-state index contributed by atoms with van der Waals surface area (Å²) in [5, 5.41) is 0. The molecule has 1 nitrogen and oxygen atoms in total. The molecule has 0 aliphatic heterocycles. The van der Waals surface area contributed by atoms with Crippen LogP contribution in [0.3, 0.4) is 0 Å². The van der Waals surface area contributed by atoms with Gasteiger partial charge >= 0.3 is 0 Å². The Morgan fingerprint density at radius 3 is 2.21 bits per heavy atom. The molecule has 2 N–H and O–H groups in total. The summed E-state index contributed by atoms with van der Waals surface area (Å²) in [6.07, 6.45) is -0.345. The molecule has 0 fully saturated rings. The summed E-state index contributed by atoms with van der Waals surface area (Å²) < 4.78 is 39.5. The zero-order valence-corrected chi connectivity index (χ0v) is 7.86. The predicted molar refractivity (Wildman–Crippen MR) is 48.6 cm³/mol. The van der Waals surface area contributed by atoms with E-state index >= 15 is 0 Å². The first-order valence-corrected chi connectivity index (χ1v) is 4.28. The van der Waals surface area contributed by atoms with E-state index < -0.39 is 17.3 Å². The summed E-state index contributed by atoms with van der Waals surface area (Å²) in [6, 6.07) is 3.45. The van der Waals surface area contributed by atoms with E-state index in [1.54, 1.807) is 0 Å². The third-order valence-electron chi connectivity index (χ3n) is 2.03. The Morgan fingerprint density at radius 2 is 1.79 bits per heavy atom. The first kappa shape index (κ1) is 11.0. The molecule has 0 saturated carbocycles. The van der Waals surface area contributed by atoms with Crippen molar-refractivity contribution in [3.63, 3.8) is 0 Å². The lowest BCUT2D eigenvalue weighted by Gasteiger charge is -2.18. The summed E-state index contributed by atoms with van der Waals surface area (Å²) in [5.41, 5.74) is 3.11. The van der Waals surface area contributed by atoms with Gasteiger partial charge in [0, 0.05) is 18.5 Å². The van der Waals surface area contributed by atoms with E-state index in [2.05, 4.69) is 0 Å².